The van der Waals surface area contributed by atoms with E-state index in [1.807, 2.05) is 36.1 Å². The summed E-state index contributed by atoms with van der Waals surface area (Å²) in [4.78, 5) is 13.8. The van der Waals surface area contributed by atoms with Crippen LogP contribution >= 0.6 is 0 Å². The van der Waals surface area contributed by atoms with Crippen molar-refractivity contribution in [2.24, 2.45) is 0 Å². The van der Waals surface area contributed by atoms with Crippen LogP contribution in [0.2, 0.25) is 0 Å². The van der Waals surface area contributed by atoms with Gasteiger partial charge in [0.2, 0.25) is 5.91 Å². The summed E-state index contributed by atoms with van der Waals surface area (Å²) in [5, 5.41) is 0. The van der Waals surface area contributed by atoms with Gasteiger partial charge in [0.1, 0.15) is 0 Å². The van der Waals surface area contributed by atoms with Gasteiger partial charge in [-0.1, -0.05) is 12.1 Å². The van der Waals surface area contributed by atoms with Crippen molar-refractivity contribution in [3.05, 3.63) is 29.8 Å². The number of anilines is 1. The third kappa shape index (κ3) is 4.75. The molecule has 0 fully saturated rings. The Kier molecular flexibility index (Phi) is 6.22. The number of ether oxygens (including phenoxy) is 1. The second-order valence-electron chi connectivity index (χ2n) is 4.21. The monoisotopic (exact) mass is 250 g/mol. The number of nitrogens with two attached hydrogens (primary N) is 1. The number of benzene rings is 1. The Balaban J connectivity index is 2.44. The number of amides is 1. The first-order valence-electron chi connectivity index (χ1n) is 6.28. The molecule has 1 aromatic rings. The average Bonchev–Trinajstić information content (AvgIpc) is 2.37. The van der Waals surface area contributed by atoms with Crippen LogP contribution in [0.25, 0.3) is 0 Å². The van der Waals surface area contributed by atoms with Crippen LogP contribution in [0.3, 0.4) is 0 Å². The molecule has 0 saturated carbocycles. The zero-order valence-electron chi connectivity index (χ0n) is 11.2. The molecule has 0 aliphatic rings. The van der Waals surface area contributed by atoms with Gasteiger partial charge in [-0.15, -0.1) is 0 Å². The van der Waals surface area contributed by atoms with Crippen LogP contribution in [0, 0.1) is 0 Å². The van der Waals surface area contributed by atoms with Gasteiger partial charge >= 0.3 is 0 Å². The maximum absolute atomic E-state index is 12.0. The van der Waals surface area contributed by atoms with Gasteiger partial charge in [-0.05, 0) is 31.0 Å². The Morgan fingerprint density at radius 2 is 2.22 bits per heavy atom. The molecular formula is C14H22N2O2. The predicted molar refractivity (Wildman–Crippen MR) is 73.3 cm³/mol. The minimum Gasteiger partial charge on any atom is -0.399 e. The van der Waals surface area contributed by atoms with E-state index in [4.69, 9.17) is 10.5 Å². The van der Waals surface area contributed by atoms with Crippen LogP contribution < -0.4 is 5.73 Å². The molecule has 1 aromatic carbocycles. The Bertz CT molecular complexity index is 380. The number of carbonyl (C=O) groups is 1. The van der Waals surface area contributed by atoms with E-state index in [1.54, 1.807) is 7.11 Å². The van der Waals surface area contributed by atoms with Gasteiger partial charge in [0.25, 0.3) is 0 Å². The molecule has 4 heteroatoms. The van der Waals surface area contributed by atoms with Gasteiger partial charge in [-0.2, -0.15) is 0 Å². The van der Waals surface area contributed by atoms with Crippen LogP contribution in [0.5, 0.6) is 0 Å². The highest BCUT2D eigenvalue weighted by Gasteiger charge is 2.10. The van der Waals surface area contributed by atoms with E-state index in [2.05, 4.69) is 0 Å². The maximum atomic E-state index is 12.0. The van der Waals surface area contributed by atoms with Crippen molar-refractivity contribution in [3.63, 3.8) is 0 Å². The number of methoxy groups -OCH3 is 1. The maximum Gasteiger partial charge on any atom is 0.222 e. The minimum absolute atomic E-state index is 0.164. The lowest BCUT2D eigenvalue weighted by atomic mass is 10.1. The zero-order chi connectivity index (χ0) is 13.4. The van der Waals surface area contributed by atoms with Crippen LogP contribution in [-0.2, 0) is 16.0 Å². The zero-order valence-corrected chi connectivity index (χ0v) is 11.2. The van der Waals surface area contributed by atoms with Crippen molar-refractivity contribution in [2.45, 2.75) is 19.8 Å². The van der Waals surface area contributed by atoms with Crippen molar-refractivity contribution < 1.29 is 9.53 Å². The summed E-state index contributed by atoms with van der Waals surface area (Å²) in [5.74, 6) is 0.164. The molecule has 0 aliphatic heterocycles. The van der Waals surface area contributed by atoms with Crippen LogP contribution in [0.1, 0.15) is 18.9 Å². The van der Waals surface area contributed by atoms with Crippen LogP contribution in [0.15, 0.2) is 24.3 Å². The fourth-order valence-electron chi connectivity index (χ4n) is 1.82. The molecule has 0 spiro atoms. The lowest BCUT2D eigenvalue weighted by Crippen LogP contribution is -2.33. The van der Waals surface area contributed by atoms with Gasteiger partial charge < -0.3 is 15.4 Å². The SMILES string of the molecule is CCN(CCOC)C(=O)CCc1cccc(N)c1. The smallest absolute Gasteiger partial charge is 0.222 e. The molecule has 0 saturated heterocycles. The van der Waals surface area contributed by atoms with E-state index in [-0.39, 0.29) is 5.91 Å². The average molecular weight is 250 g/mol. The molecule has 2 N–H and O–H groups in total. The molecule has 0 aromatic heterocycles. The van der Waals surface area contributed by atoms with E-state index >= 15 is 0 Å². The fourth-order valence-corrected chi connectivity index (χ4v) is 1.82. The van der Waals surface area contributed by atoms with Crippen LogP contribution in [-0.4, -0.2) is 37.6 Å². The lowest BCUT2D eigenvalue weighted by Gasteiger charge is -2.20. The summed E-state index contributed by atoms with van der Waals surface area (Å²) in [5.41, 5.74) is 7.55. The molecular weight excluding hydrogens is 228 g/mol. The number of nitrogen functional groups attached to an aromatic ring is 1. The van der Waals surface area contributed by atoms with E-state index in [0.717, 1.165) is 24.2 Å². The van der Waals surface area contributed by atoms with E-state index < -0.39 is 0 Å². The molecule has 1 amide bonds. The molecule has 4 nitrogen and oxygen atoms in total. The lowest BCUT2D eigenvalue weighted by molar-refractivity contribution is -0.131. The number of aryl methyl sites for hydroxylation is 1. The fraction of sp³-hybridized carbons (Fsp3) is 0.500. The number of hydrogen-bond donors (Lipinski definition) is 1. The highest BCUT2D eigenvalue weighted by atomic mass is 16.5. The van der Waals surface area contributed by atoms with Crippen molar-refractivity contribution in [2.75, 3.05) is 32.5 Å². The summed E-state index contributed by atoms with van der Waals surface area (Å²) in [6.07, 6.45) is 1.24. The standard InChI is InChI=1S/C14H22N2O2/c1-3-16(9-10-18-2)14(17)8-7-12-5-4-6-13(15)11-12/h4-6,11H,3,7-10,15H2,1-2H3. The molecule has 0 heterocycles. The molecule has 100 valence electrons. The first kappa shape index (κ1) is 14.5. The van der Waals surface area contributed by atoms with Gasteiger partial charge in [-0.25, -0.2) is 0 Å². The molecule has 1 rings (SSSR count). The van der Waals surface area contributed by atoms with Gasteiger partial charge in [0, 0.05) is 32.3 Å². The Morgan fingerprint density at radius 1 is 1.44 bits per heavy atom. The molecule has 18 heavy (non-hydrogen) atoms. The first-order valence-corrected chi connectivity index (χ1v) is 6.28. The number of nitrogens with zero attached hydrogens (tertiary/aromatic N) is 1. The summed E-state index contributed by atoms with van der Waals surface area (Å²) in [6.45, 7) is 3.94. The predicted octanol–water partition coefficient (Wildman–Crippen LogP) is 1.70. The number of likely N-dealkylation sites (N-methyl/N-ethyl adjacent to an activating group) is 1. The number of hydrogen-bond acceptors (Lipinski definition) is 3. The first-order chi connectivity index (χ1) is 8.67. The highest BCUT2D eigenvalue weighted by molar-refractivity contribution is 5.76. The van der Waals surface area contributed by atoms with Gasteiger partial charge in [0.05, 0.1) is 6.61 Å². The van der Waals surface area contributed by atoms with Gasteiger partial charge in [0.15, 0.2) is 0 Å². The molecule has 0 bridgehead atoms. The number of carbonyl (C=O) groups excluding carboxylic acids is 1. The van der Waals surface area contributed by atoms with E-state index in [0.29, 0.717) is 19.6 Å². The Labute approximate surface area is 109 Å². The Morgan fingerprint density at radius 3 is 2.83 bits per heavy atom. The second-order valence-corrected chi connectivity index (χ2v) is 4.21. The van der Waals surface area contributed by atoms with Crippen LogP contribution in [0.4, 0.5) is 5.69 Å². The summed E-state index contributed by atoms with van der Waals surface area (Å²) >= 11 is 0. The van der Waals surface area contributed by atoms with Crippen molar-refractivity contribution >= 4 is 11.6 Å². The third-order valence-corrected chi connectivity index (χ3v) is 2.88. The normalized spacial score (nSPS) is 10.3. The number of rotatable bonds is 7. The quantitative estimate of drug-likeness (QED) is 0.749. The largest absolute Gasteiger partial charge is 0.399 e. The molecule has 0 aliphatic carbocycles. The second kappa shape index (κ2) is 7.71. The van der Waals surface area contributed by atoms with Crippen molar-refractivity contribution in [1.29, 1.82) is 0 Å². The summed E-state index contributed by atoms with van der Waals surface area (Å²) in [7, 11) is 1.64. The van der Waals surface area contributed by atoms with E-state index in [9.17, 15) is 4.79 Å². The van der Waals surface area contributed by atoms with Crippen molar-refractivity contribution in [3.8, 4) is 0 Å². The van der Waals surface area contributed by atoms with E-state index in [1.165, 1.54) is 0 Å². The summed E-state index contributed by atoms with van der Waals surface area (Å²) in [6, 6.07) is 7.67. The summed E-state index contributed by atoms with van der Waals surface area (Å²) < 4.78 is 4.99. The topological polar surface area (TPSA) is 55.6 Å². The van der Waals surface area contributed by atoms with Gasteiger partial charge in [-0.3, -0.25) is 4.79 Å². The Hall–Kier alpha value is -1.55. The van der Waals surface area contributed by atoms with Crippen molar-refractivity contribution in [1.82, 2.24) is 4.90 Å². The molecule has 0 unspecified atom stereocenters. The molecule has 0 radical (unpaired) electrons. The third-order valence-electron chi connectivity index (χ3n) is 2.88. The minimum atomic E-state index is 0.164. The molecule has 0 atom stereocenters. The highest BCUT2D eigenvalue weighted by Crippen LogP contribution is 2.09.